The van der Waals surface area contributed by atoms with Gasteiger partial charge >= 0.3 is 0 Å². The largest absolute Gasteiger partial charge is 0.469 e. The standard InChI is InChI=1S/C22H29N3O2.HI/c1-18(19-6-3-2-4-7-19)24-21(23-12-9-20-8-5-14-27-20)25-13-10-22(16-25)11-15-26-17-22;/h2-8,14,18H,9-13,15-17H2,1H3,(H,23,24);1H. The zero-order chi connectivity index (χ0) is 18.5. The summed E-state index contributed by atoms with van der Waals surface area (Å²) in [6.07, 6.45) is 4.89. The number of likely N-dealkylation sites (tertiary alicyclic amines) is 1. The Morgan fingerprint density at radius 1 is 1.21 bits per heavy atom. The molecule has 1 N–H and O–H groups in total. The van der Waals surface area contributed by atoms with Gasteiger partial charge in [0, 0.05) is 38.1 Å². The average molecular weight is 495 g/mol. The minimum Gasteiger partial charge on any atom is -0.469 e. The average Bonchev–Trinajstić information content (AvgIpc) is 3.45. The fourth-order valence-electron chi connectivity index (χ4n) is 4.07. The van der Waals surface area contributed by atoms with Crippen LogP contribution in [0.4, 0.5) is 0 Å². The molecule has 2 atom stereocenters. The number of benzene rings is 1. The van der Waals surface area contributed by atoms with Gasteiger partial charge in [-0.3, -0.25) is 4.99 Å². The molecular weight excluding hydrogens is 465 g/mol. The number of guanidine groups is 1. The van der Waals surface area contributed by atoms with E-state index in [-0.39, 0.29) is 30.0 Å². The molecule has 1 aromatic heterocycles. The highest BCUT2D eigenvalue weighted by Crippen LogP contribution is 2.38. The number of ether oxygens (including phenoxy) is 1. The highest BCUT2D eigenvalue weighted by atomic mass is 127. The summed E-state index contributed by atoms with van der Waals surface area (Å²) in [5.74, 6) is 1.98. The van der Waals surface area contributed by atoms with Crippen LogP contribution in [0.2, 0.25) is 0 Å². The molecule has 4 rings (SSSR count). The second kappa shape index (κ2) is 9.78. The van der Waals surface area contributed by atoms with Crippen LogP contribution in [0.5, 0.6) is 0 Å². The number of hydrogen-bond acceptors (Lipinski definition) is 3. The van der Waals surface area contributed by atoms with Crippen LogP contribution >= 0.6 is 24.0 Å². The zero-order valence-electron chi connectivity index (χ0n) is 16.5. The molecule has 2 aliphatic heterocycles. The number of aliphatic imine (C=N–C) groups is 1. The minimum absolute atomic E-state index is 0. The third-order valence-corrected chi connectivity index (χ3v) is 5.77. The van der Waals surface area contributed by atoms with E-state index < -0.39 is 0 Å². The van der Waals surface area contributed by atoms with Crippen molar-refractivity contribution in [2.75, 3.05) is 32.8 Å². The van der Waals surface area contributed by atoms with E-state index in [1.165, 1.54) is 12.0 Å². The Hall–Kier alpha value is -1.54. The van der Waals surface area contributed by atoms with Gasteiger partial charge in [0.1, 0.15) is 5.76 Å². The van der Waals surface area contributed by atoms with Gasteiger partial charge in [-0.1, -0.05) is 30.3 Å². The van der Waals surface area contributed by atoms with Gasteiger partial charge in [0.05, 0.1) is 18.9 Å². The van der Waals surface area contributed by atoms with Gasteiger partial charge in [-0.15, -0.1) is 24.0 Å². The summed E-state index contributed by atoms with van der Waals surface area (Å²) in [5, 5.41) is 3.67. The van der Waals surface area contributed by atoms with Gasteiger partial charge in [0.25, 0.3) is 0 Å². The lowest BCUT2D eigenvalue weighted by molar-refractivity contribution is 0.156. The van der Waals surface area contributed by atoms with E-state index in [0.29, 0.717) is 5.41 Å². The Labute approximate surface area is 184 Å². The summed E-state index contributed by atoms with van der Waals surface area (Å²) >= 11 is 0. The number of nitrogens with zero attached hydrogens (tertiary/aromatic N) is 2. The van der Waals surface area contributed by atoms with Crippen molar-refractivity contribution in [1.82, 2.24) is 10.2 Å². The van der Waals surface area contributed by atoms with Crippen molar-refractivity contribution in [2.24, 2.45) is 10.4 Å². The van der Waals surface area contributed by atoms with Crippen molar-refractivity contribution in [3.05, 3.63) is 60.1 Å². The molecule has 2 fully saturated rings. The second-order valence-corrected chi connectivity index (χ2v) is 7.79. The molecule has 28 heavy (non-hydrogen) atoms. The third kappa shape index (κ3) is 5.08. The molecule has 3 heterocycles. The van der Waals surface area contributed by atoms with Crippen LogP contribution in [-0.4, -0.2) is 43.7 Å². The Kier molecular flexibility index (Phi) is 7.40. The van der Waals surface area contributed by atoms with Crippen LogP contribution in [0.25, 0.3) is 0 Å². The summed E-state index contributed by atoms with van der Waals surface area (Å²) in [6, 6.07) is 14.7. The van der Waals surface area contributed by atoms with E-state index in [9.17, 15) is 0 Å². The van der Waals surface area contributed by atoms with Crippen molar-refractivity contribution < 1.29 is 9.15 Å². The molecule has 1 spiro atoms. The summed E-state index contributed by atoms with van der Waals surface area (Å²) in [5.41, 5.74) is 1.59. The van der Waals surface area contributed by atoms with Crippen molar-refractivity contribution in [2.45, 2.75) is 32.2 Å². The molecule has 6 heteroatoms. The molecule has 0 aliphatic carbocycles. The first-order valence-corrected chi connectivity index (χ1v) is 9.95. The second-order valence-electron chi connectivity index (χ2n) is 7.79. The predicted molar refractivity (Wildman–Crippen MR) is 122 cm³/mol. The summed E-state index contributed by atoms with van der Waals surface area (Å²) in [6.45, 7) is 6.77. The topological polar surface area (TPSA) is 50.0 Å². The van der Waals surface area contributed by atoms with Crippen molar-refractivity contribution in [3.63, 3.8) is 0 Å². The van der Waals surface area contributed by atoms with E-state index in [4.69, 9.17) is 14.1 Å². The van der Waals surface area contributed by atoms with Gasteiger partial charge in [0.15, 0.2) is 5.96 Å². The molecule has 2 aliphatic rings. The van der Waals surface area contributed by atoms with E-state index >= 15 is 0 Å². The number of hydrogen-bond donors (Lipinski definition) is 1. The monoisotopic (exact) mass is 495 g/mol. The van der Waals surface area contributed by atoms with Gasteiger partial charge in [0.2, 0.25) is 0 Å². The molecule has 0 radical (unpaired) electrons. The first-order chi connectivity index (χ1) is 13.2. The highest BCUT2D eigenvalue weighted by Gasteiger charge is 2.42. The maximum atomic E-state index is 5.69. The van der Waals surface area contributed by atoms with Crippen LogP contribution in [0.15, 0.2) is 58.1 Å². The Bertz CT molecular complexity index is 742. The van der Waals surface area contributed by atoms with Gasteiger partial charge < -0.3 is 19.4 Å². The van der Waals surface area contributed by atoms with Crippen LogP contribution in [0.1, 0.15) is 37.1 Å². The minimum atomic E-state index is 0. The Balaban J connectivity index is 0.00000225. The van der Waals surface area contributed by atoms with Crippen molar-refractivity contribution in [3.8, 4) is 0 Å². The SMILES string of the molecule is CC(NC(=NCCc1ccco1)N1CCC2(CCOC2)C1)c1ccccc1.I. The molecule has 2 aromatic rings. The molecular formula is C22H30IN3O2. The van der Waals surface area contributed by atoms with E-state index in [1.54, 1.807) is 6.26 Å². The molecule has 152 valence electrons. The number of rotatable bonds is 5. The summed E-state index contributed by atoms with van der Waals surface area (Å²) in [4.78, 5) is 7.34. The predicted octanol–water partition coefficient (Wildman–Crippen LogP) is 4.26. The molecule has 2 saturated heterocycles. The fourth-order valence-corrected chi connectivity index (χ4v) is 4.07. The lowest BCUT2D eigenvalue weighted by atomic mass is 9.87. The quantitative estimate of drug-likeness (QED) is 0.383. The summed E-state index contributed by atoms with van der Waals surface area (Å²) < 4.78 is 11.1. The van der Waals surface area contributed by atoms with Crippen LogP contribution in [-0.2, 0) is 11.2 Å². The molecule has 2 unspecified atom stereocenters. The normalized spacial score (nSPS) is 23.0. The Morgan fingerprint density at radius 3 is 2.79 bits per heavy atom. The Morgan fingerprint density at radius 2 is 2.07 bits per heavy atom. The number of halogens is 1. The van der Waals surface area contributed by atoms with Gasteiger partial charge in [-0.05, 0) is 37.5 Å². The van der Waals surface area contributed by atoms with Crippen LogP contribution < -0.4 is 5.32 Å². The fraction of sp³-hybridized carbons (Fsp3) is 0.500. The van der Waals surface area contributed by atoms with E-state index in [0.717, 1.165) is 57.4 Å². The third-order valence-electron chi connectivity index (χ3n) is 5.77. The highest BCUT2D eigenvalue weighted by molar-refractivity contribution is 14.0. The molecule has 5 nitrogen and oxygen atoms in total. The summed E-state index contributed by atoms with van der Waals surface area (Å²) in [7, 11) is 0. The van der Waals surface area contributed by atoms with Crippen molar-refractivity contribution >= 4 is 29.9 Å². The molecule has 0 saturated carbocycles. The van der Waals surface area contributed by atoms with E-state index in [1.807, 2.05) is 12.1 Å². The number of nitrogens with one attached hydrogen (secondary N) is 1. The lowest BCUT2D eigenvalue weighted by Gasteiger charge is -2.27. The van der Waals surface area contributed by atoms with Crippen LogP contribution in [0.3, 0.4) is 0 Å². The van der Waals surface area contributed by atoms with E-state index in [2.05, 4.69) is 47.5 Å². The first-order valence-electron chi connectivity index (χ1n) is 9.95. The number of furan rings is 1. The maximum Gasteiger partial charge on any atom is 0.194 e. The zero-order valence-corrected chi connectivity index (χ0v) is 18.8. The first kappa shape index (κ1) is 21.2. The van der Waals surface area contributed by atoms with Gasteiger partial charge in [-0.2, -0.15) is 0 Å². The molecule has 0 bridgehead atoms. The lowest BCUT2D eigenvalue weighted by Crippen LogP contribution is -2.42. The van der Waals surface area contributed by atoms with Gasteiger partial charge in [-0.25, -0.2) is 0 Å². The van der Waals surface area contributed by atoms with Crippen LogP contribution in [0, 0.1) is 5.41 Å². The smallest absolute Gasteiger partial charge is 0.194 e. The molecule has 1 aromatic carbocycles. The maximum absolute atomic E-state index is 5.69. The molecule has 0 amide bonds. The van der Waals surface area contributed by atoms with Crippen molar-refractivity contribution in [1.29, 1.82) is 0 Å².